The molecule has 150 valence electrons. The maximum absolute atomic E-state index is 12.4. The third-order valence-corrected chi connectivity index (χ3v) is 4.87. The second-order valence-electron chi connectivity index (χ2n) is 6.74. The molecule has 1 heterocycles. The van der Waals surface area contributed by atoms with Gasteiger partial charge >= 0.3 is 0 Å². The van der Waals surface area contributed by atoms with Crippen LogP contribution in [-0.4, -0.2) is 32.2 Å². The van der Waals surface area contributed by atoms with Crippen molar-refractivity contribution in [2.75, 3.05) is 36.5 Å². The van der Waals surface area contributed by atoms with Crippen LogP contribution in [-0.2, 0) is 4.79 Å². The Morgan fingerprint density at radius 1 is 1.11 bits per heavy atom. The van der Waals surface area contributed by atoms with Crippen LogP contribution in [0, 0.1) is 0 Å². The minimum atomic E-state index is -0.0376. The van der Waals surface area contributed by atoms with Gasteiger partial charge in [-0.05, 0) is 56.5 Å². The summed E-state index contributed by atoms with van der Waals surface area (Å²) in [6, 6.07) is 13.2. The lowest BCUT2D eigenvalue weighted by Gasteiger charge is -2.22. The summed E-state index contributed by atoms with van der Waals surface area (Å²) in [7, 11) is 0. The number of anilines is 2. The Kier molecular flexibility index (Phi) is 7.43. The van der Waals surface area contributed by atoms with E-state index in [0.29, 0.717) is 36.8 Å². The Morgan fingerprint density at radius 3 is 2.54 bits per heavy atom. The number of hydrogen-bond donors (Lipinski definition) is 1. The summed E-state index contributed by atoms with van der Waals surface area (Å²) in [5, 5.41) is 3.63. The van der Waals surface area contributed by atoms with Crippen LogP contribution in [0.5, 0.6) is 11.5 Å². The molecule has 28 heavy (non-hydrogen) atoms. The van der Waals surface area contributed by atoms with E-state index in [4.69, 9.17) is 21.1 Å². The van der Waals surface area contributed by atoms with E-state index >= 15 is 0 Å². The summed E-state index contributed by atoms with van der Waals surface area (Å²) in [5.74, 6) is 1.39. The van der Waals surface area contributed by atoms with Gasteiger partial charge in [0.1, 0.15) is 0 Å². The van der Waals surface area contributed by atoms with Crippen molar-refractivity contribution < 1.29 is 14.3 Å². The Hall–Kier alpha value is -2.40. The zero-order valence-corrected chi connectivity index (χ0v) is 17.0. The van der Waals surface area contributed by atoms with Crippen molar-refractivity contribution in [2.45, 2.75) is 32.6 Å². The monoisotopic (exact) mass is 402 g/mol. The molecule has 6 heteroatoms. The topological polar surface area (TPSA) is 50.8 Å². The molecule has 0 bridgehead atoms. The van der Waals surface area contributed by atoms with Crippen molar-refractivity contribution in [1.82, 2.24) is 0 Å². The fourth-order valence-electron chi connectivity index (χ4n) is 3.31. The van der Waals surface area contributed by atoms with Gasteiger partial charge in [-0.15, -0.1) is 0 Å². The van der Waals surface area contributed by atoms with E-state index < -0.39 is 0 Å². The van der Waals surface area contributed by atoms with Crippen molar-refractivity contribution in [3.63, 3.8) is 0 Å². The van der Waals surface area contributed by atoms with Crippen LogP contribution >= 0.6 is 11.6 Å². The molecule has 1 fully saturated rings. The number of halogens is 1. The second kappa shape index (κ2) is 10.2. The predicted octanol–water partition coefficient (Wildman–Crippen LogP) is 5.14. The molecule has 1 aliphatic heterocycles. The van der Waals surface area contributed by atoms with Gasteiger partial charge in [-0.3, -0.25) is 4.79 Å². The summed E-state index contributed by atoms with van der Waals surface area (Å²) < 4.78 is 11.3. The first kappa shape index (κ1) is 20.3. The average molecular weight is 403 g/mol. The Bertz CT molecular complexity index is 791. The van der Waals surface area contributed by atoms with Gasteiger partial charge in [0.2, 0.25) is 5.91 Å². The Balaban J connectivity index is 1.50. The van der Waals surface area contributed by atoms with Crippen LogP contribution in [0.4, 0.5) is 11.4 Å². The molecule has 0 unspecified atom stereocenters. The summed E-state index contributed by atoms with van der Waals surface area (Å²) in [4.78, 5) is 14.7. The lowest BCUT2D eigenvalue weighted by molar-refractivity contribution is -0.116. The molecule has 5 nitrogen and oxygen atoms in total. The van der Waals surface area contributed by atoms with Gasteiger partial charge in [0.05, 0.1) is 24.6 Å². The van der Waals surface area contributed by atoms with Gasteiger partial charge in [-0.1, -0.05) is 23.7 Å². The average Bonchev–Trinajstić information content (AvgIpc) is 3.21. The minimum Gasteiger partial charge on any atom is -0.490 e. The van der Waals surface area contributed by atoms with Gasteiger partial charge in [-0.2, -0.15) is 0 Å². The summed E-state index contributed by atoms with van der Waals surface area (Å²) >= 11 is 6.14. The van der Waals surface area contributed by atoms with Crippen molar-refractivity contribution in [3.8, 4) is 11.5 Å². The van der Waals surface area contributed by atoms with Crippen molar-refractivity contribution in [3.05, 3.63) is 47.5 Å². The molecule has 0 aromatic heterocycles. The fourth-order valence-corrected chi connectivity index (χ4v) is 3.49. The molecule has 0 radical (unpaired) electrons. The van der Waals surface area contributed by atoms with E-state index in [1.807, 2.05) is 49.4 Å². The molecular weight excluding hydrogens is 376 g/mol. The number of amides is 1. The van der Waals surface area contributed by atoms with Crippen LogP contribution in [0.2, 0.25) is 5.02 Å². The van der Waals surface area contributed by atoms with E-state index in [1.54, 1.807) is 0 Å². The van der Waals surface area contributed by atoms with Crippen molar-refractivity contribution >= 4 is 28.9 Å². The minimum absolute atomic E-state index is 0.0376. The molecule has 3 rings (SSSR count). The quantitative estimate of drug-likeness (QED) is 0.590. The number of rotatable bonds is 9. The predicted molar refractivity (Wildman–Crippen MR) is 114 cm³/mol. The Morgan fingerprint density at radius 2 is 1.82 bits per heavy atom. The van der Waals surface area contributed by atoms with Crippen molar-refractivity contribution in [1.29, 1.82) is 0 Å². The Labute approximate surface area is 171 Å². The second-order valence-corrected chi connectivity index (χ2v) is 7.17. The number of carbonyl (C=O) groups excluding carboxylic acids is 1. The van der Waals surface area contributed by atoms with Gasteiger partial charge in [0.15, 0.2) is 11.5 Å². The number of hydrogen-bond acceptors (Lipinski definition) is 4. The number of para-hydroxylation sites is 2. The normalized spacial score (nSPS) is 13.4. The standard InChI is InChI=1S/C22H27ClN2O3/c1-2-27-20-8-3-4-9-21(20)28-15-7-10-22(26)24-18-16-17(23)11-12-19(18)25-13-5-6-14-25/h3-4,8-9,11-12,16H,2,5-7,10,13-15H2,1H3,(H,24,26). The van der Waals surface area contributed by atoms with E-state index in [0.717, 1.165) is 30.2 Å². The molecule has 2 aromatic rings. The summed E-state index contributed by atoms with van der Waals surface area (Å²) in [6.45, 7) is 5.00. The molecule has 1 aliphatic rings. The van der Waals surface area contributed by atoms with E-state index in [2.05, 4.69) is 10.2 Å². The van der Waals surface area contributed by atoms with Crippen LogP contribution < -0.4 is 19.7 Å². The maximum atomic E-state index is 12.4. The number of nitrogens with zero attached hydrogens (tertiary/aromatic N) is 1. The highest BCUT2D eigenvalue weighted by atomic mass is 35.5. The maximum Gasteiger partial charge on any atom is 0.224 e. The lowest BCUT2D eigenvalue weighted by atomic mass is 10.2. The highest BCUT2D eigenvalue weighted by molar-refractivity contribution is 6.31. The molecule has 0 saturated carbocycles. The largest absolute Gasteiger partial charge is 0.490 e. The van der Waals surface area contributed by atoms with Gasteiger partial charge in [0, 0.05) is 24.5 Å². The molecule has 2 aromatic carbocycles. The highest BCUT2D eigenvalue weighted by Gasteiger charge is 2.17. The molecule has 1 amide bonds. The molecule has 1 saturated heterocycles. The zero-order valence-electron chi connectivity index (χ0n) is 16.2. The molecule has 1 N–H and O–H groups in total. The van der Waals surface area contributed by atoms with Crippen molar-refractivity contribution in [2.24, 2.45) is 0 Å². The molecular formula is C22H27ClN2O3. The van der Waals surface area contributed by atoms with Gasteiger partial charge < -0.3 is 19.7 Å². The van der Waals surface area contributed by atoms with E-state index in [1.165, 1.54) is 12.8 Å². The van der Waals surface area contributed by atoms with Gasteiger partial charge in [-0.25, -0.2) is 0 Å². The lowest BCUT2D eigenvalue weighted by Crippen LogP contribution is -2.21. The van der Waals surface area contributed by atoms with Crippen LogP contribution in [0.3, 0.4) is 0 Å². The number of benzene rings is 2. The van der Waals surface area contributed by atoms with Crippen LogP contribution in [0.1, 0.15) is 32.6 Å². The van der Waals surface area contributed by atoms with Crippen LogP contribution in [0.25, 0.3) is 0 Å². The SMILES string of the molecule is CCOc1ccccc1OCCCC(=O)Nc1cc(Cl)ccc1N1CCCC1. The number of carbonyl (C=O) groups is 1. The third kappa shape index (κ3) is 5.55. The first-order valence-corrected chi connectivity index (χ1v) is 10.2. The summed E-state index contributed by atoms with van der Waals surface area (Å²) in [5.41, 5.74) is 1.82. The number of nitrogens with one attached hydrogen (secondary N) is 1. The van der Waals surface area contributed by atoms with E-state index in [9.17, 15) is 4.79 Å². The van der Waals surface area contributed by atoms with E-state index in [-0.39, 0.29) is 5.91 Å². The molecule has 0 spiro atoms. The fraction of sp³-hybridized carbons (Fsp3) is 0.409. The van der Waals surface area contributed by atoms with Crippen LogP contribution in [0.15, 0.2) is 42.5 Å². The zero-order chi connectivity index (χ0) is 19.8. The smallest absolute Gasteiger partial charge is 0.224 e. The third-order valence-electron chi connectivity index (χ3n) is 4.63. The number of ether oxygens (including phenoxy) is 2. The highest BCUT2D eigenvalue weighted by Crippen LogP contribution is 2.32. The molecule has 0 aliphatic carbocycles. The summed E-state index contributed by atoms with van der Waals surface area (Å²) in [6.07, 6.45) is 3.35. The first-order chi connectivity index (χ1) is 13.7. The molecule has 0 atom stereocenters. The first-order valence-electron chi connectivity index (χ1n) is 9.86. The van der Waals surface area contributed by atoms with Gasteiger partial charge in [0.25, 0.3) is 0 Å².